The van der Waals surface area contributed by atoms with E-state index < -0.39 is 12.0 Å². The maximum Gasteiger partial charge on any atom is 0.312 e. The number of rotatable bonds is 3. The zero-order valence-corrected chi connectivity index (χ0v) is 7.48. The molecular formula is C10H14O3. The first kappa shape index (κ1) is 9.99. The SMILES string of the molecule is C=CC(O)C1C(=O)OCCC1C=C. The molecule has 1 saturated heterocycles. The van der Waals surface area contributed by atoms with Gasteiger partial charge >= 0.3 is 5.97 Å². The number of carbonyl (C=O) groups is 1. The Morgan fingerprint density at radius 2 is 2.31 bits per heavy atom. The lowest BCUT2D eigenvalue weighted by molar-refractivity contribution is -0.159. The van der Waals surface area contributed by atoms with Gasteiger partial charge in [-0.2, -0.15) is 0 Å². The number of cyclic esters (lactones) is 1. The van der Waals surface area contributed by atoms with Crippen LogP contribution in [0.1, 0.15) is 6.42 Å². The number of carbonyl (C=O) groups excluding carboxylic acids is 1. The summed E-state index contributed by atoms with van der Waals surface area (Å²) < 4.78 is 4.85. The van der Waals surface area contributed by atoms with Gasteiger partial charge in [0.1, 0.15) is 0 Å². The zero-order chi connectivity index (χ0) is 9.84. The molecule has 1 N–H and O–H groups in total. The molecule has 0 aromatic heterocycles. The van der Waals surface area contributed by atoms with E-state index in [9.17, 15) is 9.90 Å². The summed E-state index contributed by atoms with van der Waals surface area (Å²) in [5.41, 5.74) is 0. The average Bonchev–Trinajstić information content (AvgIpc) is 2.16. The standard InChI is InChI=1S/C10H14O3/c1-3-7-5-6-13-10(12)9(7)8(11)4-2/h3-4,7-9,11H,1-2,5-6H2. The van der Waals surface area contributed by atoms with Crippen molar-refractivity contribution in [3.05, 3.63) is 25.3 Å². The highest BCUT2D eigenvalue weighted by atomic mass is 16.5. The minimum atomic E-state index is -0.837. The molecule has 1 heterocycles. The third-order valence-corrected chi connectivity index (χ3v) is 2.34. The molecule has 72 valence electrons. The second kappa shape index (κ2) is 4.23. The molecule has 0 radical (unpaired) electrons. The topological polar surface area (TPSA) is 46.5 Å². The lowest BCUT2D eigenvalue weighted by atomic mass is 9.84. The van der Waals surface area contributed by atoms with Crippen molar-refractivity contribution in [3.8, 4) is 0 Å². The Labute approximate surface area is 77.7 Å². The lowest BCUT2D eigenvalue weighted by Crippen LogP contribution is -2.38. The molecule has 0 aliphatic carbocycles. The zero-order valence-electron chi connectivity index (χ0n) is 7.48. The van der Waals surface area contributed by atoms with Crippen LogP contribution in [0.3, 0.4) is 0 Å². The third kappa shape index (κ3) is 1.98. The fraction of sp³-hybridized carbons (Fsp3) is 0.500. The second-order valence-electron chi connectivity index (χ2n) is 3.11. The quantitative estimate of drug-likeness (QED) is 0.521. The summed E-state index contributed by atoms with van der Waals surface area (Å²) in [7, 11) is 0. The van der Waals surface area contributed by atoms with Crippen LogP contribution >= 0.6 is 0 Å². The molecule has 0 spiro atoms. The van der Waals surface area contributed by atoms with Crippen molar-refractivity contribution in [2.45, 2.75) is 12.5 Å². The minimum Gasteiger partial charge on any atom is -0.465 e. The summed E-state index contributed by atoms with van der Waals surface area (Å²) in [6.45, 7) is 7.49. The van der Waals surface area contributed by atoms with E-state index >= 15 is 0 Å². The van der Waals surface area contributed by atoms with Crippen LogP contribution in [-0.2, 0) is 9.53 Å². The highest BCUT2D eigenvalue weighted by molar-refractivity contribution is 5.74. The van der Waals surface area contributed by atoms with Gasteiger partial charge in [0.15, 0.2) is 0 Å². The molecule has 0 saturated carbocycles. The molecule has 3 unspecified atom stereocenters. The average molecular weight is 182 g/mol. The monoisotopic (exact) mass is 182 g/mol. The molecule has 0 aromatic carbocycles. The van der Waals surface area contributed by atoms with Crippen LogP contribution in [0.25, 0.3) is 0 Å². The normalized spacial score (nSPS) is 30.4. The Morgan fingerprint density at radius 3 is 2.85 bits per heavy atom. The van der Waals surface area contributed by atoms with Gasteiger partial charge < -0.3 is 9.84 Å². The highest BCUT2D eigenvalue weighted by Crippen LogP contribution is 2.27. The molecule has 0 amide bonds. The molecule has 3 atom stereocenters. The Hall–Kier alpha value is -1.09. The predicted octanol–water partition coefficient (Wildman–Crippen LogP) is 0.899. The van der Waals surface area contributed by atoms with Gasteiger partial charge in [0, 0.05) is 0 Å². The smallest absolute Gasteiger partial charge is 0.312 e. The van der Waals surface area contributed by atoms with Crippen LogP contribution in [0.2, 0.25) is 0 Å². The molecule has 0 aromatic rings. The summed E-state index contributed by atoms with van der Waals surface area (Å²) in [4.78, 5) is 11.3. The van der Waals surface area contributed by atoms with Crippen molar-refractivity contribution >= 4 is 5.97 Å². The summed E-state index contributed by atoms with van der Waals surface area (Å²) in [5, 5.41) is 9.49. The maximum absolute atomic E-state index is 11.3. The van der Waals surface area contributed by atoms with Gasteiger partial charge in [-0.15, -0.1) is 13.2 Å². The van der Waals surface area contributed by atoms with Crippen molar-refractivity contribution in [1.82, 2.24) is 0 Å². The van der Waals surface area contributed by atoms with E-state index in [0.29, 0.717) is 6.61 Å². The molecular weight excluding hydrogens is 168 g/mol. The molecule has 1 rings (SSSR count). The van der Waals surface area contributed by atoms with Crippen molar-refractivity contribution in [2.75, 3.05) is 6.61 Å². The van der Waals surface area contributed by atoms with Crippen LogP contribution in [-0.4, -0.2) is 23.8 Å². The summed E-state index contributed by atoms with van der Waals surface area (Å²) in [5.74, 6) is -0.887. The van der Waals surface area contributed by atoms with Gasteiger partial charge in [0.2, 0.25) is 0 Å². The number of aliphatic hydroxyl groups is 1. The van der Waals surface area contributed by atoms with Crippen molar-refractivity contribution in [3.63, 3.8) is 0 Å². The highest BCUT2D eigenvalue weighted by Gasteiger charge is 2.35. The first-order chi connectivity index (χ1) is 6.20. The van der Waals surface area contributed by atoms with Gasteiger partial charge in [-0.3, -0.25) is 4.79 Å². The third-order valence-electron chi connectivity index (χ3n) is 2.34. The Kier molecular flexibility index (Phi) is 3.25. The summed E-state index contributed by atoms with van der Waals surface area (Å²) in [6, 6.07) is 0. The lowest BCUT2D eigenvalue weighted by Gasteiger charge is -2.29. The van der Waals surface area contributed by atoms with Crippen LogP contribution in [0.15, 0.2) is 25.3 Å². The number of esters is 1. The minimum absolute atomic E-state index is 0.00532. The van der Waals surface area contributed by atoms with E-state index in [1.54, 1.807) is 6.08 Å². The van der Waals surface area contributed by atoms with Gasteiger partial charge in [-0.25, -0.2) is 0 Å². The molecule has 3 heteroatoms. The first-order valence-corrected chi connectivity index (χ1v) is 4.30. The maximum atomic E-state index is 11.3. The van der Waals surface area contributed by atoms with Crippen LogP contribution in [0.4, 0.5) is 0 Å². The molecule has 13 heavy (non-hydrogen) atoms. The van der Waals surface area contributed by atoms with Gasteiger partial charge in [-0.1, -0.05) is 12.2 Å². The van der Waals surface area contributed by atoms with Gasteiger partial charge in [-0.05, 0) is 12.3 Å². The molecule has 3 nitrogen and oxygen atoms in total. The number of hydrogen-bond donors (Lipinski definition) is 1. The second-order valence-corrected chi connectivity index (χ2v) is 3.11. The van der Waals surface area contributed by atoms with E-state index in [1.807, 2.05) is 0 Å². The van der Waals surface area contributed by atoms with E-state index in [0.717, 1.165) is 6.42 Å². The Morgan fingerprint density at radius 1 is 1.62 bits per heavy atom. The van der Waals surface area contributed by atoms with Crippen LogP contribution in [0.5, 0.6) is 0 Å². The largest absolute Gasteiger partial charge is 0.465 e. The van der Waals surface area contributed by atoms with E-state index in [-0.39, 0.29) is 11.9 Å². The first-order valence-electron chi connectivity index (χ1n) is 4.30. The van der Waals surface area contributed by atoms with Crippen molar-refractivity contribution in [1.29, 1.82) is 0 Å². The van der Waals surface area contributed by atoms with Crippen molar-refractivity contribution in [2.24, 2.45) is 11.8 Å². The Bertz CT molecular complexity index is 222. The predicted molar refractivity (Wildman–Crippen MR) is 49.0 cm³/mol. The summed E-state index contributed by atoms with van der Waals surface area (Å²) in [6.07, 6.45) is 2.94. The fourth-order valence-corrected chi connectivity index (χ4v) is 1.55. The number of allylic oxidation sites excluding steroid dienone is 1. The summed E-state index contributed by atoms with van der Waals surface area (Å²) >= 11 is 0. The molecule has 0 bridgehead atoms. The van der Waals surface area contributed by atoms with E-state index in [2.05, 4.69) is 13.2 Å². The molecule has 1 aliphatic heterocycles. The molecule has 1 fully saturated rings. The van der Waals surface area contributed by atoms with Gasteiger partial charge in [0.25, 0.3) is 0 Å². The number of hydrogen-bond acceptors (Lipinski definition) is 3. The van der Waals surface area contributed by atoms with E-state index in [4.69, 9.17) is 4.74 Å². The van der Waals surface area contributed by atoms with E-state index in [1.165, 1.54) is 6.08 Å². The van der Waals surface area contributed by atoms with Crippen LogP contribution < -0.4 is 0 Å². The molecule has 1 aliphatic rings. The fourth-order valence-electron chi connectivity index (χ4n) is 1.55. The number of aliphatic hydroxyl groups excluding tert-OH is 1. The van der Waals surface area contributed by atoms with Gasteiger partial charge in [0.05, 0.1) is 18.6 Å². The number of ether oxygens (including phenoxy) is 1. The van der Waals surface area contributed by atoms with Crippen molar-refractivity contribution < 1.29 is 14.6 Å². The van der Waals surface area contributed by atoms with Crippen LogP contribution in [0, 0.1) is 11.8 Å². The Balaban J connectivity index is 2.78.